The highest BCUT2D eigenvalue weighted by molar-refractivity contribution is 9.10. The summed E-state index contributed by atoms with van der Waals surface area (Å²) in [7, 11) is 0. The van der Waals surface area contributed by atoms with Crippen molar-refractivity contribution < 1.29 is 4.42 Å². The van der Waals surface area contributed by atoms with Gasteiger partial charge in [0.15, 0.2) is 0 Å². The maximum atomic E-state index is 5.84. The summed E-state index contributed by atoms with van der Waals surface area (Å²) < 4.78 is 6.90. The Bertz CT molecular complexity index is 971. The molecule has 0 aliphatic heterocycles. The number of aromatic nitrogens is 2. The van der Waals surface area contributed by atoms with Gasteiger partial charge in [-0.25, -0.2) is 0 Å². The van der Waals surface area contributed by atoms with E-state index in [0.717, 1.165) is 10.0 Å². The quantitative estimate of drug-likeness (QED) is 0.491. The lowest BCUT2D eigenvalue weighted by Crippen LogP contribution is -1.90. The van der Waals surface area contributed by atoms with Gasteiger partial charge in [0, 0.05) is 4.47 Å². The minimum Gasteiger partial charge on any atom is -0.425 e. The van der Waals surface area contributed by atoms with Crippen LogP contribution in [0.5, 0.6) is 0 Å². The van der Waals surface area contributed by atoms with E-state index in [2.05, 4.69) is 80.7 Å². The van der Waals surface area contributed by atoms with E-state index in [9.17, 15) is 0 Å². The van der Waals surface area contributed by atoms with Gasteiger partial charge in [-0.2, -0.15) is 0 Å². The van der Waals surface area contributed by atoms with Crippen molar-refractivity contribution in [3.05, 3.63) is 94.1 Å². The maximum absolute atomic E-state index is 5.84. The third kappa shape index (κ3) is 3.24. The molecule has 118 valence electrons. The molecular weight excluding hydrogens is 364 g/mol. The molecule has 0 aliphatic carbocycles. The molecule has 0 fully saturated rings. The lowest BCUT2D eigenvalue weighted by Gasteiger charge is -2.03. The van der Waals surface area contributed by atoms with E-state index in [-0.39, 0.29) is 0 Å². The molecular formula is C20H15BrN2O. The monoisotopic (exact) mass is 378 g/mol. The largest absolute Gasteiger partial charge is 0.425 e. The van der Waals surface area contributed by atoms with Crippen LogP contribution in [0.4, 0.5) is 0 Å². The third-order valence-corrected chi connectivity index (χ3v) is 4.53. The molecule has 0 amide bonds. The maximum Gasteiger partial charge on any atom is 0.220 e. The predicted octanol–water partition coefficient (Wildman–Crippen LogP) is 5.17. The van der Waals surface area contributed by atoms with E-state index in [0.29, 0.717) is 24.6 Å². The second-order valence-corrected chi connectivity index (χ2v) is 6.62. The van der Waals surface area contributed by atoms with Crippen LogP contribution in [0.3, 0.4) is 0 Å². The number of benzene rings is 3. The number of halogens is 1. The molecule has 4 aromatic rings. The van der Waals surface area contributed by atoms with Gasteiger partial charge >= 0.3 is 0 Å². The Balaban J connectivity index is 1.55. The smallest absolute Gasteiger partial charge is 0.220 e. The van der Waals surface area contributed by atoms with Gasteiger partial charge in [0.25, 0.3) is 0 Å². The van der Waals surface area contributed by atoms with Gasteiger partial charge in [0.1, 0.15) is 0 Å². The van der Waals surface area contributed by atoms with Gasteiger partial charge in [0.05, 0.1) is 12.8 Å². The van der Waals surface area contributed by atoms with Crippen LogP contribution in [0.2, 0.25) is 0 Å². The van der Waals surface area contributed by atoms with Gasteiger partial charge in [0.2, 0.25) is 11.8 Å². The Morgan fingerprint density at radius 3 is 2.29 bits per heavy atom. The Labute approximate surface area is 148 Å². The minimum absolute atomic E-state index is 0.646. The van der Waals surface area contributed by atoms with Crippen molar-refractivity contribution in [1.82, 2.24) is 10.2 Å². The molecule has 24 heavy (non-hydrogen) atoms. The van der Waals surface area contributed by atoms with Crippen LogP contribution in [0.1, 0.15) is 22.9 Å². The highest BCUT2D eigenvalue weighted by Crippen LogP contribution is 2.21. The first-order chi connectivity index (χ1) is 11.8. The molecule has 0 spiro atoms. The van der Waals surface area contributed by atoms with Gasteiger partial charge in [-0.3, -0.25) is 0 Å². The number of rotatable bonds is 4. The molecule has 0 saturated carbocycles. The molecule has 4 heteroatoms. The summed E-state index contributed by atoms with van der Waals surface area (Å²) in [5.41, 5.74) is 2.35. The van der Waals surface area contributed by atoms with Crippen molar-refractivity contribution in [3.63, 3.8) is 0 Å². The van der Waals surface area contributed by atoms with Gasteiger partial charge in [-0.05, 0) is 34.0 Å². The molecule has 0 bridgehead atoms. The van der Waals surface area contributed by atoms with Crippen LogP contribution in [0.25, 0.3) is 10.8 Å². The lowest BCUT2D eigenvalue weighted by atomic mass is 10.0. The topological polar surface area (TPSA) is 38.9 Å². The zero-order valence-corrected chi connectivity index (χ0v) is 14.5. The molecule has 0 N–H and O–H groups in total. The zero-order chi connectivity index (χ0) is 16.4. The van der Waals surface area contributed by atoms with Crippen molar-refractivity contribution in [3.8, 4) is 0 Å². The summed E-state index contributed by atoms with van der Waals surface area (Å²) >= 11 is 3.44. The van der Waals surface area contributed by atoms with Crippen LogP contribution >= 0.6 is 15.9 Å². The van der Waals surface area contributed by atoms with Gasteiger partial charge < -0.3 is 4.42 Å². The molecule has 0 aliphatic rings. The fourth-order valence-corrected chi connectivity index (χ4v) is 3.08. The molecule has 1 aromatic heterocycles. The van der Waals surface area contributed by atoms with Gasteiger partial charge in [-0.15, -0.1) is 10.2 Å². The summed E-state index contributed by atoms with van der Waals surface area (Å²) in [6.45, 7) is 0. The van der Waals surface area contributed by atoms with E-state index >= 15 is 0 Å². The first kappa shape index (κ1) is 15.1. The van der Waals surface area contributed by atoms with E-state index < -0.39 is 0 Å². The van der Waals surface area contributed by atoms with E-state index in [1.54, 1.807) is 0 Å². The summed E-state index contributed by atoms with van der Waals surface area (Å²) in [5.74, 6) is 1.30. The molecule has 1 heterocycles. The molecule has 0 atom stereocenters. The van der Waals surface area contributed by atoms with Crippen LogP contribution in [-0.2, 0) is 12.8 Å². The van der Waals surface area contributed by atoms with Crippen molar-refractivity contribution in [2.75, 3.05) is 0 Å². The first-order valence-electron chi connectivity index (χ1n) is 7.80. The lowest BCUT2D eigenvalue weighted by molar-refractivity contribution is 0.466. The van der Waals surface area contributed by atoms with Crippen LogP contribution < -0.4 is 0 Å². The molecule has 0 radical (unpaired) electrons. The molecule has 0 unspecified atom stereocenters. The van der Waals surface area contributed by atoms with Crippen molar-refractivity contribution in [1.29, 1.82) is 0 Å². The van der Waals surface area contributed by atoms with Crippen LogP contribution in [0.15, 0.2) is 75.6 Å². The van der Waals surface area contributed by atoms with Gasteiger partial charge in [-0.1, -0.05) is 70.5 Å². The normalized spacial score (nSPS) is 11.0. The van der Waals surface area contributed by atoms with E-state index in [4.69, 9.17) is 4.42 Å². The zero-order valence-electron chi connectivity index (χ0n) is 12.9. The molecule has 0 saturated heterocycles. The summed E-state index contributed by atoms with van der Waals surface area (Å²) in [6.07, 6.45) is 1.30. The average Bonchev–Trinajstić information content (AvgIpc) is 3.04. The van der Waals surface area contributed by atoms with Crippen molar-refractivity contribution in [2.45, 2.75) is 12.8 Å². The average molecular weight is 379 g/mol. The second-order valence-electron chi connectivity index (χ2n) is 5.71. The number of nitrogens with zero attached hydrogens (tertiary/aromatic N) is 2. The van der Waals surface area contributed by atoms with E-state index in [1.807, 2.05) is 12.1 Å². The molecule has 3 nitrogen and oxygen atoms in total. The molecule has 3 aromatic carbocycles. The predicted molar refractivity (Wildman–Crippen MR) is 98.0 cm³/mol. The number of fused-ring (bicyclic) bond motifs is 1. The molecule has 4 rings (SSSR count). The summed E-state index contributed by atoms with van der Waals surface area (Å²) in [4.78, 5) is 0. The number of hydrogen-bond acceptors (Lipinski definition) is 3. The van der Waals surface area contributed by atoms with Crippen molar-refractivity contribution >= 4 is 26.7 Å². The Morgan fingerprint density at radius 2 is 1.46 bits per heavy atom. The summed E-state index contributed by atoms with van der Waals surface area (Å²) in [6, 6.07) is 22.8. The van der Waals surface area contributed by atoms with Crippen LogP contribution in [-0.4, -0.2) is 10.2 Å². The Morgan fingerprint density at radius 1 is 0.750 bits per heavy atom. The highest BCUT2D eigenvalue weighted by Gasteiger charge is 2.09. The second kappa shape index (κ2) is 6.57. The minimum atomic E-state index is 0.646. The van der Waals surface area contributed by atoms with Crippen LogP contribution in [0, 0.1) is 0 Å². The summed E-state index contributed by atoms with van der Waals surface area (Å²) in [5, 5.41) is 10.8. The number of hydrogen-bond donors (Lipinski definition) is 0. The first-order valence-corrected chi connectivity index (χ1v) is 8.59. The standard InChI is InChI=1S/C20H15BrN2O/c21-17-10-8-14(9-11-17)12-19-22-23-20(24-19)13-16-6-3-5-15-4-1-2-7-18(15)16/h1-11H,12-13H2. The SMILES string of the molecule is Brc1ccc(Cc2nnc(Cc3cccc4ccccc34)o2)cc1. The van der Waals surface area contributed by atoms with E-state index in [1.165, 1.54) is 16.3 Å². The van der Waals surface area contributed by atoms with Crippen molar-refractivity contribution in [2.24, 2.45) is 0 Å². The fraction of sp³-hybridized carbons (Fsp3) is 0.100. The Kier molecular flexibility index (Phi) is 4.13. The fourth-order valence-electron chi connectivity index (χ4n) is 2.82. The third-order valence-electron chi connectivity index (χ3n) is 4.00. The Hall–Kier alpha value is -2.46. The highest BCUT2D eigenvalue weighted by atomic mass is 79.9.